The van der Waals surface area contributed by atoms with E-state index in [4.69, 9.17) is 16.3 Å². The second kappa shape index (κ2) is 9.05. The molecule has 1 aliphatic rings. The molecule has 178 valence electrons. The highest BCUT2D eigenvalue weighted by atomic mass is 35.5. The van der Waals surface area contributed by atoms with Crippen LogP contribution in [0.25, 0.3) is 32.9 Å². The number of nitrogens with one attached hydrogen (secondary N) is 3. The number of anilines is 1. The fraction of sp³-hybridized carbons (Fsp3) is 0.192. The van der Waals surface area contributed by atoms with E-state index in [1.54, 1.807) is 12.1 Å². The molecule has 0 unspecified atom stereocenters. The van der Waals surface area contributed by atoms with Gasteiger partial charge in [0.05, 0.1) is 34.5 Å². The van der Waals surface area contributed by atoms with Gasteiger partial charge >= 0.3 is 0 Å². The highest BCUT2D eigenvalue weighted by Gasteiger charge is 2.34. The summed E-state index contributed by atoms with van der Waals surface area (Å²) in [5.74, 6) is -0.404. The lowest BCUT2D eigenvalue weighted by Gasteiger charge is -2.12. The maximum atomic E-state index is 13.0. The first-order valence-corrected chi connectivity index (χ1v) is 11.5. The first-order chi connectivity index (χ1) is 17.0. The maximum Gasteiger partial charge on any atom is 0.259 e. The van der Waals surface area contributed by atoms with E-state index in [9.17, 15) is 14.4 Å². The molecule has 9 heteroatoms. The zero-order chi connectivity index (χ0) is 24.7. The molecule has 3 amide bonds. The molecule has 0 saturated carbocycles. The van der Waals surface area contributed by atoms with E-state index in [1.807, 2.05) is 49.0 Å². The van der Waals surface area contributed by atoms with E-state index in [0.29, 0.717) is 57.1 Å². The molecule has 0 atom stereocenters. The monoisotopic (exact) mass is 490 g/mol. The van der Waals surface area contributed by atoms with E-state index in [0.717, 1.165) is 29.4 Å². The minimum atomic E-state index is -0.464. The molecule has 1 aliphatic heterocycles. The van der Waals surface area contributed by atoms with Crippen LogP contribution in [-0.2, 0) is 11.8 Å². The molecule has 0 spiro atoms. The number of halogens is 1. The number of amides is 3. The van der Waals surface area contributed by atoms with Crippen LogP contribution in [0.15, 0.2) is 42.5 Å². The second-order valence-electron chi connectivity index (χ2n) is 8.32. The van der Waals surface area contributed by atoms with Gasteiger partial charge in [-0.15, -0.1) is 0 Å². The predicted molar refractivity (Wildman–Crippen MR) is 136 cm³/mol. The summed E-state index contributed by atoms with van der Waals surface area (Å²) in [6.07, 6.45) is 1.38. The largest absolute Gasteiger partial charge is 0.491 e. The zero-order valence-corrected chi connectivity index (χ0v) is 20.0. The quantitative estimate of drug-likeness (QED) is 0.196. The molecule has 35 heavy (non-hydrogen) atoms. The Bertz CT molecular complexity index is 1530. The van der Waals surface area contributed by atoms with Crippen LogP contribution in [0.1, 0.15) is 27.1 Å². The molecule has 0 radical (unpaired) electrons. The van der Waals surface area contributed by atoms with E-state index in [2.05, 4.69) is 16.0 Å². The Balaban J connectivity index is 1.81. The standard InChI is InChI=1S/C26H23ClN4O4/c1-28-8-5-9-35-21-12-19-16(10-18(21)29-13-32)22-20(31(19)2)11-15(14-6-3-4-7-17(14)27)23-24(22)26(34)30-25(23)33/h3-4,6-7,10-13,28H,5,8-9H2,1-2H3,(H,29,32)(H,30,33,34). The fourth-order valence-electron chi connectivity index (χ4n) is 4.69. The predicted octanol–water partition coefficient (Wildman–Crippen LogP) is 4.09. The zero-order valence-electron chi connectivity index (χ0n) is 19.2. The van der Waals surface area contributed by atoms with Gasteiger partial charge in [-0.1, -0.05) is 29.8 Å². The smallest absolute Gasteiger partial charge is 0.259 e. The van der Waals surface area contributed by atoms with Crippen LogP contribution in [0.2, 0.25) is 5.02 Å². The number of carbonyl (C=O) groups excluding carboxylic acids is 3. The molecule has 0 fully saturated rings. The summed E-state index contributed by atoms with van der Waals surface area (Å²) in [5, 5.41) is 10.0. The van der Waals surface area contributed by atoms with Crippen molar-refractivity contribution < 1.29 is 19.1 Å². The van der Waals surface area contributed by atoms with Gasteiger partial charge in [-0.05, 0) is 43.8 Å². The Morgan fingerprint density at radius 2 is 1.83 bits per heavy atom. The van der Waals surface area contributed by atoms with Crippen molar-refractivity contribution in [3.8, 4) is 16.9 Å². The molecule has 0 aliphatic carbocycles. The molecule has 3 N–H and O–H groups in total. The summed E-state index contributed by atoms with van der Waals surface area (Å²) in [6.45, 7) is 1.26. The number of ether oxygens (including phenoxy) is 1. The molecule has 3 aromatic carbocycles. The minimum Gasteiger partial charge on any atom is -0.491 e. The van der Waals surface area contributed by atoms with Crippen LogP contribution < -0.4 is 20.7 Å². The van der Waals surface area contributed by atoms with Crippen molar-refractivity contribution in [3.63, 3.8) is 0 Å². The third kappa shape index (κ3) is 3.71. The minimum absolute atomic E-state index is 0.292. The lowest BCUT2D eigenvalue weighted by molar-refractivity contribution is -0.105. The fourth-order valence-corrected chi connectivity index (χ4v) is 4.93. The summed E-state index contributed by atoms with van der Waals surface area (Å²) in [4.78, 5) is 37.2. The van der Waals surface area contributed by atoms with Gasteiger partial charge in [-0.2, -0.15) is 0 Å². The summed E-state index contributed by atoms with van der Waals surface area (Å²) in [7, 11) is 3.76. The van der Waals surface area contributed by atoms with Gasteiger partial charge in [0.25, 0.3) is 11.8 Å². The molecular weight excluding hydrogens is 468 g/mol. The third-order valence-corrected chi connectivity index (χ3v) is 6.61. The normalized spacial score (nSPS) is 12.8. The van der Waals surface area contributed by atoms with Crippen molar-refractivity contribution >= 4 is 57.3 Å². The maximum absolute atomic E-state index is 13.0. The Morgan fingerprint density at radius 1 is 1.06 bits per heavy atom. The number of carbonyl (C=O) groups is 3. The van der Waals surface area contributed by atoms with Crippen LogP contribution in [0.4, 0.5) is 5.69 Å². The highest BCUT2D eigenvalue weighted by molar-refractivity contribution is 6.36. The number of nitrogens with zero attached hydrogens (tertiary/aromatic N) is 1. The van der Waals surface area contributed by atoms with Gasteiger partial charge in [-0.25, -0.2) is 0 Å². The van der Waals surface area contributed by atoms with Crippen molar-refractivity contribution in [1.29, 1.82) is 0 Å². The van der Waals surface area contributed by atoms with E-state index in [-0.39, 0.29) is 0 Å². The molecule has 8 nitrogen and oxygen atoms in total. The summed E-state index contributed by atoms with van der Waals surface area (Å²) in [5.41, 5.74) is 3.88. The number of hydrogen-bond donors (Lipinski definition) is 3. The molecule has 0 saturated heterocycles. The average Bonchev–Trinajstić information content (AvgIpc) is 3.29. The molecule has 2 heterocycles. The second-order valence-corrected chi connectivity index (χ2v) is 8.73. The first-order valence-electron chi connectivity index (χ1n) is 11.2. The van der Waals surface area contributed by atoms with Crippen molar-refractivity contribution in [3.05, 3.63) is 58.6 Å². The Hall–Kier alpha value is -3.88. The topological polar surface area (TPSA) is 101 Å². The molecule has 0 bridgehead atoms. The molecular formula is C26H23ClN4O4. The van der Waals surface area contributed by atoms with Crippen molar-refractivity contribution in [2.24, 2.45) is 7.05 Å². The number of hydrogen-bond acceptors (Lipinski definition) is 5. The third-order valence-electron chi connectivity index (χ3n) is 6.28. The van der Waals surface area contributed by atoms with Gasteiger partial charge < -0.3 is 19.9 Å². The number of imide groups is 1. The number of aryl methyl sites for hydroxylation is 1. The number of benzene rings is 3. The van der Waals surface area contributed by atoms with E-state index < -0.39 is 11.8 Å². The molecule has 5 rings (SSSR count). The Kier molecular flexibility index (Phi) is 5.92. The van der Waals surface area contributed by atoms with Crippen molar-refractivity contribution in [2.45, 2.75) is 6.42 Å². The van der Waals surface area contributed by atoms with Gasteiger partial charge in [0.2, 0.25) is 6.41 Å². The molecule has 1 aromatic heterocycles. The van der Waals surface area contributed by atoms with E-state index >= 15 is 0 Å². The Labute approximate surface area is 206 Å². The lowest BCUT2D eigenvalue weighted by atomic mass is 9.93. The van der Waals surface area contributed by atoms with Crippen LogP contribution in [0.5, 0.6) is 5.75 Å². The Morgan fingerprint density at radius 3 is 2.57 bits per heavy atom. The van der Waals surface area contributed by atoms with Crippen LogP contribution in [0, 0.1) is 0 Å². The van der Waals surface area contributed by atoms with E-state index in [1.165, 1.54) is 0 Å². The van der Waals surface area contributed by atoms with Gasteiger partial charge in [-0.3, -0.25) is 19.7 Å². The van der Waals surface area contributed by atoms with Crippen molar-refractivity contribution in [1.82, 2.24) is 15.2 Å². The first kappa shape index (κ1) is 22.9. The van der Waals surface area contributed by atoms with Gasteiger partial charge in [0, 0.05) is 34.5 Å². The highest BCUT2D eigenvalue weighted by Crippen LogP contribution is 2.43. The lowest BCUT2D eigenvalue weighted by Crippen LogP contribution is -2.20. The van der Waals surface area contributed by atoms with Crippen molar-refractivity contribution in [2.75, 3.05) is 25.5 Å². The van der Waals surface area contributed by atoms with Gasteiger partial charge in [0.15, 0.2) is 0 Å². The number of aromatic nitrogens is 1. The summed E-state index contributed by atoms with van der Waals surface area (Å²) in [6, 6.07) is 12.7. The summed E-state index contributed by atoms with van der Waals surface area (Å²) < 4.78 is 7.92. The van der Waals surface area contributed by atoms with Crippen LogP contribution in [-0.4, -0.2) is 43.0 Å². The SMILES string of the molecule is CNCCCOc1cc2c(cc1NC=O)c1c3c(c(-c4ccccc4Cl)cc1n2C)C(=O)NC3=O. The van der Waals surface area contributed by atoms with Crippen LogP contribution >= 0.6 is 11.6 Å². The van der Waals surface area contributed by atoms with Crippen LogP contribution in [0.3, 0.4) is 0 Å². The average molecular weight is 491 g/mol. The molecule has 4 aromatic rings. The van der Waals surface area contributed by atoms with Gasteiger partial charge in [0.1, 0.15) is 5.75 Å². The number of rotatable bonds is 8. The number of fused-ring (bicyclic) bond motifs is 5. The summed E-state index contributed by atoms with van der Waals surface area (Å²) >= 11 is 6.48.